The monoisotopic (exact) mass is 359 g/mol. The van der Waals surface area contributed by atoms with E-state index in [0.29, 0.717) is 17.4 Å². The molecule has 3 heteroatoms. The molecular weight excluding hydrogens is 330 g/mol. The zero-order valence-electron chi connectivity index (χ0n) is 16.1. The van der Waals surface area contributed by atoms with Gasteiger partial charge in [-0.15, -0.1) is 0 Å². The molecule has 2 aromatic rings. The zero-order valence-corrected chi connectivity index (χ0v) is 16.1. The fraction of sp³-hybridized carbons (Fsp3) is 0.458. The Morgan fingerprint density at radius 2 is 1.93 bits per heavy atom. The van der Waals surface area contributed by atoms with Crippen molar-refractivity contribution in [3.63, 3.8) is 0 Å². The van der Waals surface area contributed by atoms with Gasteiger partial charge < -0.3 is 10.6 Å². The van der Waals surface area contributed by atoms with E-state index in [1.807, 2.05) is 18.2 Å². The third kappa shape index (κ3) is 4.24. The van der Waals surface area contributed by atoms with Gasteiger partial charge >= 0.3 is 0 Å². The van der Waals surface area contributed by atoms with E-state index in [1.54, 1.807) is 0 Å². The van der Waals surface area contributed by atoms with Crippen LogP contribution >= 0.6 is 0 Å². The van der Waals surface area contributed by atoms with Gasteiger partial charge in [0.2, 0.25) is 0 Å². The van der Waals surface area contributed by atoms with Crippen molar-refractivity contribution in [2.75, 3.05) is 13.1 Å². The molecular formula is C24H29N3. The van der Waals surface area contributed by atoms with Crippen molar-refractivity contribution in [1.82, 2.24) is 10.6 Å². The lowest BCUT2D eigenvalue weighted by molar-refractivity contribution is 0.122. The predicted octanol–water partition coefficient (Wildman–Crippen LogP) is 4.52. The van der Waals surface area contributed by atoms with Gasteiger partial charge in [-0.1, -0.05) is 48.9 Å². The summed E-state index contributed by atoms with van der Waals surface area (Å²) in [6.45, 7) is 4.35. The van der Waals surface area contributed by atoms with Crippen LogP contribution in [0, 0.1) is 16.7 Å². The molecule has 0 bridgehead atoms. The third-order valence-electron chi connectivity index (χ3n) is 6.47. The molecule has 2 saturated carbocycles. The van der Waals surface area contributed by atoms with Crippen LogP contribution in [0.3, 0.4) is 0 Å². The zero-order chi connectivity index (χ0) is 18.7. The van der Waals surface area contributed by atoms with Gasteiger partial charge in [0.1, 0.15) is 0 Å². The fourth-order valence-corrected chi connectivity index (χ4v) is 4.29. The molecule has 0 saturated heterocycles. The Kier molecular flexibility index (Phi) is 5.29. The van der Waals surface area contributed by atoms with E-state index >= 15 is 0 Å². The standard InChI is InChI=1S/C24H29N3/c1-18(21-10-5-7-19(13-21)15-25)26-16-24(11-6-12-24)17-27-23-14-22(23)20-8-3-2-4-9-20/h2-5,7-10,13,18,22-23,26-27H,6,11-12,14,16-17H2,1H3/t18?,22-,23+/m1/s1. The molecule has 2 aliphatic rings. The van der Waals surface area contributed by atoms with E-state index in [0.717, 1.165) is 18.7 Å². The first-order valence-corrected chi connectivity index (χ1v) is 10.2. The van der Waals surface area contributed by atoms with Crippen LogP contribution in [-0.2, 0) is 0 Å². The Hall–Kier alpha value is -2.15. The van der Waals surface area contributed by atoms with Crippen molar-refractivity contribution < 1.29 is 0 Å². The van der Waals surface area contributed by atoms with Crippen LogP contribution < -0.4 is 10.6 Å². The molecule has 140 valence electrons. The van der Waals surface area contributed by atoms with Gasteiger partial charge in [-0.3, -0.25) is 0 Å². The Morgan fingerprint density at radius 3 is 2.63 bits per heavy atom. The molecule has 0 aliphatic heterocycles. The van der Waals surface area contributed by atoms with Gasteiger partial charge in [-0.25, -0.2) is 0 Å². The van der Waals surface area contributed by atoms with Crippen molar-refractivity contribution in [3.05, 3.63) is 71.3 Å². The maximum absolute atomic E-state index is 9.10. The fourth-order valence-electron chi connectivity index (χ4n) is 4.29. The molecule has 2 fully saturated rings. The summed E-state index contributed by atoms with van der Waals surface area (Å²) in [6, 6.07) is 22.0. The number of nitrogens with zero attached hydrogens (tertiary/aromatic N) is 1. The molecule has 0 radical (unpaired) electrons. The van der Waals surface area contributed by atoms with Crippen molar-refractivity contribution in [1.29, 1.82) is 5.26 Å². The van der Waals surface area contributed by atoms with Crippen LogP contribution in [0.1, 0.15) is 61.3 Å². The number of nitriles is 1. The Morgan fingerprint density at radius 1 is 1.11 bits per heavy atom. The topological polar surface area (TPSA) is 47.8 Å². The molecule has 4 rings (SSSR count). The smallest absolute Gasteiger partial charge is 0.0991 e. The van der Waals surface area contributed by atoms with E-state index in [9.17, 15) is 0 Å². The first-order valence-electron chi connectivity index (χ1n) is 10.2. The molecule has 1 unspecified atom stereocenters. The molecule has 27 heavy (non-hydrogen) atoms. The summed E-state index contributed by atoms with van der Waals surface area (Å²) in [4.78, 5) is 0. The lowest BCUT2D eigenvalue weighted by atomic mass is 9.68. The first kappa shape index (κ1) is 18.2. The van der Waals surface area contributed by atoms with Gasteiger partial charge in [0.05, 0.1) is 11.6 Å². The van der Waals surface area contributed by atoms with Crippen LogP contribution in [0.5, 0.6) is 0 Å². The first-order chi connectivity index (χ1) is 13.2. The molecule has 0 spiro atoms. The van der Waals surface area contributed by atoms with Crippen molar-refractivity contribution in [2.24, 2.45) is 5.41 Å². The molecule has 0 aromatic heterocycles. The highest BCUT2D eigenvalue weighted by Gasteiger charge is 2.42. The van der Waals surface area contributed by atoms with E-state index in [2.05, 4.69) is 60.0 Å². The summed E-state index contributed by atoms with van der Waals surface area (Å²) in [5.74, 6) is 0.698. The van der Waals surface area contributed by atoms with E-state index in [-0.39, 0.29) is 6.04 Å². The van der Waals surface area contributed by atoms with E-state index in [1.165, 1.54) is 36.8 Å². The second kappa shape index (κ2) is 7.84. The second-order valence-electron chi connectivity index (χ2n) is 8.43. The number of hydrogen-bond acceptors (Lipinski definition) is 3. The van der Waals surface area contributed by atoms with Crippen molar-refractivity contribution >= 4 is 0 Å². The normalized spacial score (nSPS) is 23.9. The summed E-state index contributed by atoms with van der Waals surface area (Å²) in [7, 11) is 0. The second-order valence-corrected chi connectivity index (χ2v) is 8.43. The van der Waals surface area contributed by atoms with Crippen molar-refractivity contribution in [3.8, 4) is 6.07 Å². The molecule has 3 nitrogen and oxygen atoms in total. The van der Waals surface area contributed by atoms with Gasteiger partial charge in [0.25, 0.3) is 0 Å². The average molecular weight is 360 g/mol. The van der Waals surface area contributed by atoms with Crippen LogP contribution in [-0.4, -0.2) is 19.1 Å². The molecule has 0 amide bonds. The quantitative estimate of drug-likeness (QED) is 0.728. The summed E-state index contributed by atoms with van der Waals surface area (Å²) in [6.07, 6.45) is 5.22. The molecule has 2 N–H and O–H groups in total. The SMILES string of the molecule is CC(NCC1(CN[C@H]2C[C@@H]2c2ccccc2)CCC1)c1cccc(C#N)c1. The van der Waals surface area contributed by atoms with Crippen LogP contribution in [0.25, 0.3) is 0 Å². The maximum Gasteiger partial charge on any atom is 0.0991 e. The lowest BCUT2D eigenvalue weighted by Crippen LogP contribution is -2.48. The molecule has 0 heterocycles. The average Bonchev–Trinajstić information content (AvgIpc) is 3.47. The minimum Gasteiger partial charge on any atom is -0.313 e. The largest absolute Gasteiger partial charge is 0.313 e. The van der Waals surface area contributed by atoms with Gasteiger partial charge in [-0.2, -0.15) is 5.26 Å². The number of rotatable bonds is 8. The summed E-state index contributed by atoms with van der Waals surface area (Å²) >= 11 is 0. The molecule has 3 atom stereocenters. The minimum atomic E-state index is 0.272. The van der Waals surface area contributed by atoms with Crippen LogP contribution in [0.15, 0.2) is 54.6 Å². The molecule has 2 aliphatic carbocycles. The predicted molar refractivity (Wildman–Crippen MR) is 109 cm³/mol. The summed E-state index contributed by atoms with van der Waals surface area (Å²) in [5.41, 5.74) is 3.80. The Balaban J connectivity index is 1.28. The van der Waals surface area contributed by atoms with E-state index < -0.39 is 0 Å². The number of benzene rings is 2. The summed E-state index contributed by atoms with van der Waals surface area (Å²) < 4.78 is 0. The van der Waals surface area contributed by atoms with Gasteiger partial charge in [0, 0.05) is 31.1 Å². The minimum absolute atomic E-state index is 0.272. The Bertz CT molecular complexity index is 804. The third-order valence-corrected chi connectivity index (χ3v) is 6.47. The highest BCUT2D eigenvalue weighted by molar-refractivity contribution is 5.34. The van der Waals surface area contributed by atoms with E-state index in [4.69, 9.17) is 5.26 Å². The van der Waals surface area contributed by atoms with Gasteiger partial charge in [-0.05, 0) is 54.9 Å². The Labute approximate surface area is 162 Å². The van der Waals surface area contributed by atoms with Crippen LogP contribution in [0.2, 0.25) is 0 Å². The molecule has 2 aromatic carbocycles. The summed E-state index contributed by atoms with van der Waals surface area (Å²) in [5, 5.41) is 16.7. The highest BCUT2D eigenvalue weighted by Crippen LogP contribution is 2.44. The lowest BCUT2D eigenvalue weighted by Gasteiger charge is -2.43. The maximum atomic E-state index is 9.10. The van der Waals surface area contributed by atoms with Crippen molar-refractivity contribution in [2.45, 2.75) is 50.6 Å². The van der Waals surface area contributed by atoms with Crippen LogP contribution in [0.4, 0.5) is 0 Å². The number of nitrogens with one attached hydrogen (secondary N) is 2. The number of hydrogen-bond donors (Lipinski definition) is 2. The van der Waals surface area contributed by atoms with Gasteiger partial charge in [0.15, 0.2) is 0 Å². The highest BCUT2D eigenvalue weighted by atomic mass is 15.0.